The number of hydrogen-bond donors (Lipinski definition) is 6. The second-order valence-corrected chi connectivity index (χ2v) is 10.7. The van der Waals surface area contributed by atoms with E-state index >= 15 is 0 Å². The minimum atomic E-state index is -4.48. The predicted octanol–water partition coefficient (Wildman–Crippen LogP) is 0.530. The number of hydrogen-bond acceptors (Lipinski definition) is 8. The van der Waals surface area contributed by atoms with Crippen LogP contribution in [0.4, 0.5) is 11.4 Å². The zero-order valence-corrected chi connectivity index (χ0v) is 23.2. The van der Waals surface area contributed by atoms with Gasteiger partial charge in [-0.25, -0.2) is 9.59 Å². The maximum atomic E-state index is 10.9. The van der Waals surface area contributed by atoms with Crippen molar-refractivity contribution in [3.63, 3.8) is 0 Å². The molecule has 0 aliphatic heterocycles. The Balaban J connectivity index is 0.000000294. The van der Waals surface area contributed by atoms with E-state index < -0.39 is 64.6 Å². The maximum absolute atomic E-state index is 10.9. The molecule has 0 amide bonds. The summed E-state index contributed by atoms with van der Waals surface area (Å²) in [6, 6.07) is 24.2. The van der Waals surface area contributed by atoms with Gasteiger partial charge in [-0.05, 0) is 48.5 Å². The largest absolute Gasteiger partial charge is 0.872 e. The summed E-state index contributed by atoms with van der Waals surface area (Å²) in [6.45, 7) is 0. The Labute approximate surface area is 240 Å². The minimum Gasteiger partial charge on any atom is -0.872 e. The number of benzene rings is 4. The molecule has 0 unspecified atom stereocenters. The fourth-order valence-electron chi connectivity index (χ4n) is 2.63. The molecule has 4 aromatic carbocycles. The molecule has 0 aliphatic carbocycles. The lowest BCUT2D eigenvalue weighted by Gasteiger charge is -2.09. The van der Waals surface area contributed by atoms with Crippen LogP contribution in [0.1, 0.15) is 20.7 Å². The number of carboxylic acid groups (broad SMARTS) is 2. The van der Waals surface area contributed by atoms with Gasteiger partial charge < -0.3 is 31.9 Å². The van der Waals surface area contributed by atoms with Crippen molar-refractivity contribution in [1.29, 1.82) is 0 Å². The van der Waals surface area contributed by atoms with E-state index in [0.717, 1.165) is 35.6 Å². The molecule has 4 aromatic rings. The third-order valence-electron chi connectivity index (χ3n) is 4.64. The minimum absolute atomic E-state index is 0.611. The van der Waals surface area contributed by atoms with E-state index in [0.29, 0.717) is 12.1 Å². The summed E-state index contributed by atoms with van der Waals surface area (Å²) < 4.78 is 59.4. The van der Waals surface area contributed by atoms with E-state index in [4.69, 9.17) is 19.3 Å². The summed E-state index contributed by atoms with van der Waals surface area (Å²) in [4.78, 5) is 19.6. The summed E-state index contributed by atoms with van der Waals surface area (Å²) in [5, 5.41) is 38.7. The van der Waals surface area contributed by atoms with E-state index in [1.165, 1.54) is 0 Å². The molecule has 14 nitrogen and oxygen atoms in total. The Morgan fingerprint density at radius 1 is 0.548 bits per heavy atom. The standard InChI is InChI=1S/2C7H6O6S.2C6H7N/c2*8-6-2-1-4(14(11,12)13)3-5(6)7(9)10;2*7-6-4-2-1-3-5-6/h2*1-3,8H,(H,9,10)(H,11,12,13);2*1-5H,7H2. The SMILES string of the molecule is O=C(O)c1cc(S(=O)(=O)O)ccc1[O-].O=C(O)c1cc(S(=O)(=O)O)ccc1[O-].[NH3+]c1ccccc1.[NH3+]c1ccccc1. The van der Waals surface area contributed by atoms with Crippen LogP contribution >= 0.6 is 0 Å². The van der Waals surface area contributed by atoms with E-state index in [2.05, 4.69) is 11.5 Å². The quantitative estimate of drug-likeness (QED) is 0.170. The second kappa shape index (κ2) is 15.8. The molecule has 4 rings (SSSR count). The molecule has 0 saturated carbocycles. The average Bonchev–Trinajstić information content (AvgIpc) is 2.89. The van der Waals surface area contributed by atoms with Gasteiger partial charge in [0, 0.05) is 0 Å². The van der Waals surface area contributed by atoms with Crippen molar-refractivity contribution in [3.05, 3.63) is 108 Å². The Morgan fingerprint density at radius 3 is 1.02 bits per heavy atom. The van der Waals surface area contributed by atoms with Crippen molar-refractivity contribution < 1.29 is 67.4 Å². The summed E-state index contributed by atoms with van der Waals surface area (Å²) in [6.07, 6.45) is 0. The van der Waals surface area contributed by atoms with Crippen molar-refractivity contribution >= 4 is 43.5 Å². The molecule has 0 fully saturated rings. The van der Waals surface area contributed by atoms with Crippen molar-refractivity contribution in [2.45, 2.75) is 9.79 Å². The Hall–Kier alpha value is -4.84. The van der Waals surface area contributed by atoms with E-state index in [1.54, 1.807) is 0 Å². The van der Waals surface area contributed by atoms with Gasteiger partial charge in [0.05, 0.1) is 20.9 Å². The van der Waals surface area contributed by atoms with Crippen molar-refractivity contribution in [1.82, 2.24) is 0 Å². The number of quaternary nitrogens is 2. The first-order chi connectivity index (χ1) is 19.4. The zero-order valence-electron chi connectivity index (χ0n) is 21.5. The van der Waals surface area contributed by atoms with Gasteiger partial charge in [0.2, 0.25) is 0 Å². The predicted molar refractivity (Wildman–Crippen MR) is 143 cm³/mol. The highest BCUT2D eigenvalue weighted by atomic mass is 32.2. The first-order valence-electron chi connectivity index (χ1n) is 11.2. The normalized spacial score (nSPS) is 10.4. The fraction of sp³-hybridized carbons (Fsp3) is 0. The highest BCUT2D eigenvalue weighted by Gasteiger charge is 2.14. The van der Waals surface area contributed by atoms with Gasteiger partial charge >= 0.3 is 11.9 Å². The topological polar surface area (TPSA) is 285 Å². The van der Waals surface area contributed by atoms with Crippen LogP contribution in [-0.4, -0.2) is 48.1 Å². The molecule has 224 valence electrons. The molecule has 0 spiro atoms. The van der Waals surface area contributed by atoms with Gasteiger partial charge in [-0.2, -0.15) is 16.8 Å². The lowest BCUT2D eigenvalue weighted by atomic mass is 10.2. The molecule has 42 heavy (non-hydrogen) atoms. The second-order valence-electron chi connectivity index (χ2n) is 7.85. The number of carbonyl (C=O) groups is 2. The molecule has 0 saturated heterocycles. The van der Waals surface area contributed by atoms with Crippen molar-refractivity contribution in [2.24, 2.45) is 0 Å². The molecule has 0 aliphatic rings. The highest BCUT2D eigenvalue weighted by Crippen LogP contribution is 2.19. The summed E-state index contributed by atoms with van der Waals surface area (Å²) in [5.74, 6) is -4.71. The van der Waals surface area contributed by atoms with Gasteiger partial charge in [0.15, 0.2) is 0 Å². The average molecular weight is 623 g/mol. The highest BCUT2D eigenvalue weighted by molar-refractivity contribution is 7.86. The van der Waals surface area contributed by atoms with Gasteiger partial charge in [-0.15, -0.1) is 0 Å². The smallest absolute Gasteiger partial charge is 0.335 e. The molecule has 16 heteroatoms. The molecule has 0 heterocycles. The van der Waals surface area contributed by atoms with Crippen LogP contribution in [0.15, 0.2) is 107 Å². The van der Waals surface area contributed by atoms with E-state index in [1.807, 2.05) is 60.7 Å². The fourth-order valence-corrected chi connectivity index (χ4v) is 3.64. The van der Waals surface area contributed by atoms with Gasteiger partial charge in [0.1, 0.15) is 11.4 Å². The Bertz CT molecular complexity index is 1580. The zero-order chi connectivity index (χ0) is 32.1. The summed E-state index contributed by atoms with van der Waals surface area (Å²) >= 11 is 0. The maximum Gasteiger partial charge on any atom is 0.335 e. The third kappa shape index (κ3) is 12.6. The number of rotatable bonds is 4. The van der Waals surface area contributed by atoms with Crippen LogP contribution in [0, 0.1) is 0 Å². The molecule has 0 radical (unpaired) electrons. The Morgan fingerprint density at radius 2 is 0.833 bits per heavy atom. The lowest BCUT2D eigenvalue weighted by Crippen LogP contribution is -2.39. The number of aromatic carboxylic acids is 2. The summed E-state index contributed by atoms with van der Waals surface area (Å²) in [7, 11) is -8.96. The van der Waals surface area contributed by atoms with Gasteiger partial charge in [0.25, 0.3) is 20.2 Å². The first kappa shape index (κ1) is 35.2. The van der Waals surface area contributed by atoms with Crippen LogP contribution < -0.4 is 21.7 Å². The molecular weight excluding hydrogens is 596 g/mol. The van der Waals surface area contributed by atoms with Crippen molar-refractivity contribution in [2.75, 3.05) is 0 Å². The monoisotopic (exact) mass is 622 g/mol. The van der Waals surface area contributed by atoms with Crippen molar-refractivity contribution in [3.8, 4) is 11.5 Å². The molecule has 10 N–H and O–H groups in total. The van der Waals surface area contributed by atoms with Crippen LogP contribution in [-0.2, 0) is 20.2 Å². The van der Waals surface area contributed by atoms with Crippen LogP contribution in [0.25, 0.3) is 0 Å². The number of carboxylic acids is 2. The molecular formula is C26H26N2O12S2. The lowest BCUT2D eigenvalue weighted by molar-refractivity contribution is -0.269. The van der Waals surface area contributed by atoms with Gasteiger partial charge in [-0.1, -0.05) is 60.0 Å². The van der Waals surface area contributed by atoms with Crippen LogP contribution in [0.2, 0.25) is 0 Å². The molecule has 0 aromatic heterocycles. The summed E-state index contributed by atoms with van der Waals surface area (Å²) in [5.41, 5.74) is 8.20. The van der Waals surface area contributed by atoms with Crippen LogP contribution in [0.3, 0.4) is 0 Å². The van der Waals surface area contributed by atoms with Crippen LogP contribution in [0.5, 0.6) is 11.5 Å². The van der Waals surface area contributed by atoms with Gasteiger partial charge in [-0.3, -0.25) is 9.11 Å². The first-order valence-corrected chi connectivity index (χ1v) is 14.1. The third-order valence-corrected chi connectivity index (χ3v) is 6.34. The van der Waals surface area contributed by atoms with E-state index in [9.17, 15) is 36.6 Å². The molecule has 0 bridgehead atoms. The molecule has 0 atom stereocenters. The van der Waals surface area contributed by atoms with E-state index in [-0.39, 0.29) is 0 Å². The Kier molecular flexibility index (Phi) is 13.3.